The van der Waals surface area contributed by atoms with Gasteiger partial charge < -0.3 is 9.88 Å². The van der Waals surface area contributed by atoms with Gasteiger partial charge in [-0.25, -0.2) is 15.0 Å². The lowest BCUT2D eigenvalue weighted by Gasteiger charge is -2.17. The highest BCUT2D eigenvalue weighted by molar-refractivity contribution is 5.92. The third kappa shape index (κ3) is 3.16. The molecule has 0 atom stereocenters. The first kappa shape index (κ1) is 14.7. The van der Waals surface area contributed by atoms with Crippen LogP contribution in [0.2, 0.25) is 0 Å². The van der Waals surface area contributed by atoms with Gasteiger partial charge in [-0.3, -0.25) is 4.79 Å². The van der Waals surface area contributed by atoms with Gasteiger partial charge in [0, 0.05) is 36.6 Å². The zero-order valence-corrected chi connectivity index (χ0v) is 13.3. The molecule has 1 aliphatic rings. The topological polar surface area (TPSA) is 72.7 Å². The van der Waals surface area contributed by atoms with Crippen LogP contribution in [-0.2, 0) is 6.54 Å². The van der Waals surface area contributed by atoms with Crippen molar-refractivity contribution in [1.29, 1.82) is 0 Å². The van der Waals surface area contributed by atoms with Gasteiger partial charge in [0.15, 0.2) is 0 Å². The summed E-state index contributed by atoms with van der Waals surface area (Å²) in [6, 6.07) is 1.72. The number of nitrogens with zero attached hydrogens (tertiary/aromatic N) is 4. The van der Waals surface area contributed by atoms with Gasteiger partial charge in [-0.2, -0.15) is 0 Å². The fraction of sp³-hybridized carbons (Fsp3) is 0.500. The van der Waals surface area contributed by atoms with Crippen molar-refractivity contribution in [3.05, 3.63) is 41.5 Å². The molecule has 116 valence electrons. The average molecular weight is 299 g/mol. The minimum absolute atomic E-state index is 0.123. The summed E-state index contributed by atoms with van der Waals surface area (Å²) in [5.74, 6) is 1.52. The number of imidazole rings is 1. The third-order valence-corrected chi connectivity index (χ3v) is 4.21. The minimum atomic E-state index is -0.123. The van der Waals surface area contributed by atoms with Crippen LogP contribution in [0, 0.1) is 26.2 Å². The lowest BCUT2D eigenvalue weighted by atomic mass is 10.1. The maximum atomic E-state index is 12.3. The fourth-order valence-electron chi connectivity index (χ4n) is 2.69. The largest absolute Gasteiger partial charge is 0.350 e. The number of hydrogen-bond acceptors (Lipinski definition) is 4. The molecule has 0 bridgehead atoms. The van der Waals surface area contributed by atoms with Crippen LogP contribution in [-0.4, -0.2) is 32.0 Å². The smallest absolute Gasteiger partial charge is 0.270 e. The van der Waals surface area contributed by atoms with E-state index in [0.29, 0.717) is 18.1 Å². The molecule has 1 amide bonds. The van der Waals surface area contributed by atoms with Crippen molar-refractivity contribution in [2.24, 2.45) is 5.41 Å². The summed E-state index contributed by atoms with van der Waals surface area (Å²) in [4.78, 5) is 24.9. The SMILES string of the molecule is Cc1cc(C(=O)NCC2(Cn3ccnc3C)CC2)nc(C)n1. The van der Waals surface area contributed by atoms with Gasteiger partial charge in [-0.1, -0.05) is 0 Å². The first-order valence-corrected chi connectivity index (χ1v) is 7.56. The average Bonchev–Trinajstić information content (AvgIpc) is 3.11. The molecule has 6 nitrogen and oxygen atoms in total. The highest BCUT2D eigenvalue weighted by Crippen LogP contribution is 2.46. The van der Waals surface area contributed by atoms with Crippen molar-refractivity contribution < 1.29 is 4.79 Å². The van der Waals surface area contributed by atoms with E-state index in [2.05, 4.69) is 24.8 Å². The Hall–Kier alpha value is -2.24. The van der Waals surface area contributed by atoms with Crippen LogP contribution >= 0.6 is 0 Å². The van der Waals surface area contributed by atoms with Crippen molar-refractivity contribution in [3.63, 3.8) is 0 Å². The molecule has 2 heterocycles. The van der Waals surface area contributed by atoms with Crippen LogP contribution in [0.3, 0.4) is 0 Å². The lowest BCUT2D eigenvalue weighted by Crippen LogP contribution is -2.33. The van der Waals surface area contributed by atoms with Crippen molar-refractivity contribution in [2.75, 3.05) is 6.54 Å². The minimum Gasteiger partial charge on any atom is -0.350 e. The second-order valence-electron chi connectivity index (χ2n) is 6.23. The monoisotopic (exact) mass is 299 g/mol. The summed E-state index contributed by atoms with van der Waals surface area (Å²) < 4.78 is 2.15. The van der Waals surface area contributed by atoms with Gasteiger partial charge in [-0.15, -0.1) is 0 Å². The Morgan fingerprint density at radius 2 is 2.09 bits per heavy atom. The van der Waals surface area contributed by atoms with Gasteiger partial charge in [0.1, 0.15) is 17.3 Å². The van der Waals surface area contributed by atoms with Gasteiger partial charge in [-0.05, 0) is 39.7 Å². The summed E-state index contributed by atoms with van der Waals surface area (Å²) >= 11 is 0. The fourth-order valence-corrected chi connectivity index (χ4v) is 2.69. The van der Waals surface area contributed by atoms with E-state index < -0.39 is 0 Å². The Morgan fingerprint density at radius 3 is 2.68 bits per heavy atom. The molecule has 1 fully saturated rings. The summed E-state index contributed by atoms with van der Waals surface area (Å²) in [7, 11) is 0. The zero-order chi connectivity index (χ0) is 15.7. The van der Waals surface area contributed by atoms with E-state index in [1.807, 2.05) is 26.2 Å². The number of aryl methyl sites for hydroxylation is 3. The number of rotatable bonds is 5. The quantitative estimate of drug-likeness (QED) is 0.914. The number of carbonyl (C=O) groups is 1. The molecule has 1 saturated carbocycles. The van der Waals surface area contributed by atoms with Crippen molar-refractivity contribution >= 4 is 5.91 Å². The number of aromatic nitrogens is 4. The zero-order valence-electron chi connectivity index (χ0n) is 13.3. The van der Waals surface area contributed by atoms with Crippen LogP contribution in [0.25, 0.3) is 0 Å². The Balaban J connectivity index is 1.62. The molecular formula is C16H21N5O. The van der Waals surface area contributed by atoms with Crippen LogP contribution in [0.4, 0.5) is 0 Å². The predicted octanol–water partition coefficient (Wildman–Crippen LogP) is 1.81. The number of nitrogens with one attached hydrogen (secondary N) is 1. The molecule has 0 unspecified atom stereocenters. The maximum Gasteiger partial charge on any atom is 0.270 e. The number of hydrogen-bond donors (Lipinski definition) is 1. The molecule has 0 radical (unpaired) electrons. The van der Waals surface area contributed by atoms with E-state index in [0.717, 1.165) is 30.9 Å². The van der Waals surface area contributed by atoms with Crippen molar-refractivity contribution in [1.82, 2.24) is 24.8 Å². The molecule has 1 N–H and O–H groups in total. The van der Waals surface area contributed by atoms with Crippen LogP contribution < -0.4 is 5.32 Å². The molecule has 1 aliphatic carbocycles. The first-order chi connectivity index (χ1) is 10.5. The second kappa shape index (κ2) is 5.51. The molecule has 22 heavy (non-hydrogen) atoms. The third-order valence-electron chi connectivity index (χ3n) is 4.21. The van der Waals surface area contributed by atoms with Crippen molar-refractivity contribution in [2.45, 2.75) is 40.2 Å². The molecule has 3 rings (SSSR count). The Kier molecular flexibility index (Phi) is 3.68. The second-order valence-corrected chi connectivity index (χ2v) is 6.23. The Morgan fingerprint density at radius 1 is 1.32 bits per heavy atom. The predicted molar refractivity (Wildman–Crippen MR) is 82.5 cm³/mol. The van der Waals surface area contributed by atoms with E-state index >= 15 is 0 Å². The molecule has 0 spiro atoms. The summed E-state index contributed by atoms with van der Waals surface area (Å²) in [5, 5.41) is 3.03. The van der Waals surface area contributed by atoms with Crippen LogP contribution in [0.15, 0.2) is 18.5 Å². The molecule has 0 aromatic carbocycles. The van der Waals surface area contributed by atoms with E-state index in [4.69, 9.17) is 0 Å². The Bertz CT molecular complexity index is 682. The van der Waals surface area contributed by atoms with Gasteiger partial charge >= 0.3 is 0 Å². The molecule has 2 aromatic heterocycles. The molecular weight excluding hydrogens is 278 g/mol. The molecule has 0 saturated heterocycles. The normalized spacial score (nSPS) is 15.6. The molecule has 2 aromatic rings. The molecule has 0 aliphatic heterocycles. The molecule has 6 heteroatoms. The number of carbonyl (C=O) groups excluding carboxylic acids is 1. The summed E-state index contributed by atoms with van der Waals surface area (Å²) in [6.07, 6.45) is 6.07. The highest BCUT2D eigenvalue weighted by Gasteiger charge is 2.43. The van der Waals surface area contributed by atoms with E-state index in [1.54, 1.807) is 13.0 Å². The Labute approximate surface area is 130 Å². The van der Waals surface area contributed by atoms with Gasteiger partial charge in [0.2, 0.25) is 0 Å². The summed E-state index contributed by atoms with van der Waals surface area (Å²) in [5.41, 5.74) is 1.42. The van der Waals surface area contributed by atoms with E-state index in [1.165, 1.54) is 0 Å². The summed E-state index contributed by atoms with van der Waals surface area (Å²) in [6.45, 7) is 7.25. The van der Waals surface area contributed by atoms with Crippen LogP contribution in [0.1, 0.15) is 40.7 Å². The first-order valence-electron chi connectivity index (χ1n) is 7.56. The van der Waals surface area contributed by atoms with Gasteiger partial charge in [0.25, 0.3) is 5.91 Å². The number of amides is 1. The van der Waals surface area contributed by atoms with Gasteiger partial charge in [0.05, 0.1) is 0 Å². The van der Waals surface area contributed by atoms with E-state index in [-0.39, 0.29) is 11.3 Å². The van der Waals surface area contributed by atoms with E-state index in [9.17, 15) is 4.79 Å². The van der Waals surface area contributed by atoms with Crippen LogP contribution in [0.5, 0.6) is 0 Å². The lowest BCUT2D eigenvalue weighted by molar-refractivity contribution is 0.0937. The standard InChI is InChI=1S/C16H21N5O/c1-11-8-14(20-12(2)19-11)15(22)18-9-16(4-5-16)10-21-7-6-17-13(21)3/h6-8H,4-5,9-10H2,1-3H3,(H,18,22). The maximum absolute atomic E-state index is 12.3. The highest BCUT2D eigenvalue weighted by atomic mass is 16.1. The van der Waals surface area contributed by atoms with Crippen molar-refractivity contribution in [3.8, 4) is 0 Å².